The fraction of sp³-hybridized carbons (Fsp3) is 0.417. The minimum atomic E-state index is -4.41. The number of rotatable bonds is 4. The first kappa shape index (κ1) is 16.5. The third-order valence-electron chi connectivity index (χ3n) is 2.57. The zero-order chi connectivity index (χ0) is 15.7. The summed E-state index contributed by atoms with van der Waals surface area (Å²) in [6, 6.07) is 0.498. The lowest BCUT2D eigenvalue weighted by Crippen LogP contribution is -2.49. The number of halogens is 2. The van der Waals surface area contributed by atoms with Crippen molar-refractivity contribution < 1.29 is 27.1 Å². The number of sulfonamides is 1. The Labute approximate surface area is 115 Å². The van der Waals surface area contributed by atoms with Gasteiger partial charge in [0, 0.05) is 6.07 Å². The quantitative estimate of drug-likeness (QED) is 0.887. The molecule has 0 aliphatic heterocycles. The highest BCUT2D eigenvalue weighted by molar-refractivity contribution is 7.89. The highest BCUT2D eigenvalue weighted by Gasteiger charge is 2.36. The van der Waals surface area contributed by atoms with E-state index in [0.717, 1.165) is 12.1 Å². The van der Waals surface area contributed by atoms with E-state index in [4.69, 9.17) is 5.11 Å². The lowest BCUT2D eigenvalue weighted by molar-refractivity contribution is -0.141. The second-order valence-electron chi connectivity index (χ2n) is 5.33. The first-order valence-corrected chi connectivity index (χ1v) is 7.13. The second kappa shape index (κ2) is 5.45. The van der Waals surface area contributed by atoms with Gasteiger partial charge in [0.2, 0.25) is 10.0 Å². The molecule has 8 heteroatoms. The Balaban J connectivity index is 3.20. The number of hydrogen-bond acceptors (Lipinski definition) is 3. The number of carboxylic acids is 1. The number of hydrogen-bond donors (Lipinski definition) is 2. The van der Waals surface area contributed by atoms with E-state index in [0.29, 0.717) is 6.07 Å². The van der Waals surface area contributed by atoms with Crippen LogP contribution >= 0.6 is 0 Å². The predicted octanol–water partition coefficient (Wildman–Crippen LogP) is 1.74. The van der Waals surface area contributed by atoms with E-state index in [-0.39, 0.29) is 0 Å². The molecule has 0 saturated heterocycles. The lowest BCUT2D eigenvalue weighted by Gasteiger charge is -2.27. The van der Waals surface area contributed by atoms with Crippen molar-refractivity contribution in [3.63, 3.8) is 0 Å². The molecule has 0 saturated carbocycles. The van der Waals surface area contributed by atoms with Crippen LogP contribution in [0.25, 0.3) is 0 Å². The maximum atomic E-state index is 13.5. The van der Waals surface area contributed by atoms with E-state index in [2.05, 4.69) is 0 Å². The lowest BCUT2D eigenvalue weighted by atomic mass is 9.88. The van der Waals surface area contributed by atoms with Crippen LogP contribution in [0.2, 0.25) is 0 Å². The second-order valence-corrected chi connectivity index (χ2v) is 7.02. The maximum absolute atomic E-state index is 13.5. The van der Waals surface area contributed by atoms with Crippen LogP contribution < -0.4 is 4.72 Å². The largest absolute Gasteiger partial charge is 0.480 e. The number of benzene rings is 1. The van der Waals surface area contributed by atoms with Gasteiger partial charge in [-0.3, -0.25) is 4.79 Å². The zero-order valence-electron chi connectivity index (χ0n) is 11.1. The third-order valence-corrected chi connectivity index (χ3v) is 4.03. The minimum absolute atomic E-state index is 0.418. The zero-order valence-corrected chi connectivity index (χ0v) is 12.0. The van der Waals surface area contributed by atoms with Gasteiger partial charge in [-0.1, -0.05) is 20.8 Å². The van der Waals surface area contributed by atoms with Crippen LogP contribution in [0, 0.1) is 17.0 Å². The standard InChI is InChI=1S/C12H15F2NO4S/c1-12(2,3)10(11(16)17)15-20(18,19)9-5-4-7(13)6-8(9)14/h4-6,10,15H,1-3H3,(H,16,17)/t10-/m1/s1. The van der Waals surface area contributed by atoms with Crippen LogP contribution in [0.1, 0.15) is 20.8 Å². The van der Waals surface area contributed by atoms with Crippen molar-refractivity contribution >= 4 is 16.0 Å². The van der Waals surface area contributed by atoms with E-state index in [1.807, 2.05) is 4.72 Å². The third kappa shape index (κ3) is 3.73. The number of aliphatic carboxylic acids is 1. The molecular formula is C12H15F2NO4S. The van der Waals surface area contributed by atoms with Gasteiger partial charge in [0.15, 0.2) is 0 Å². The summed E-state index contributed by atoms with van der Waals surface area (Å²) in [4.78, 5) is 10.3. The molecule has 0 aliphatic carbocycles. The van der Waals surface area contributed by atoms with E-state index < -0.39 is 44.0 Å². The molecular weight excluding hydrogens is 292 g/mol. The van der Waals surface area contributed by atoms with E-state index >= 15 is 0 Å². The fourth-order valence-electron chi connectivity index (χ4n) is 1.51. The summed E-state index contributed by atoms with van der Waals surface area (Å²) in [5.41, 5.74) is -0.921. The smallest absolute Gasteiger partial charge is 0.322 e. The molecule has 0 aliphatic rings. The van der Waals surface area contributed by atoms with Crippen molar-refractivity contribution in [2.24, 2.45) is 5.41 Å². The van der Waals surface area contributed by atoms with Gasteiger partial charge in [-0.15, -0.1) is 0 Å². The Bertz CT molecular complexity index is 623. The van der Waals surface area contributed by atoms with Crippen molar-refractivity contribution in [1.29, 1.82) is 0 Å². The maximum Gasteiger partial charge on any atom is 0.322 e. The van der Waals surface area contributed by atoms with Crippen LogP contribution in [0.15, 0.2) is 23.1 Å². The molecule has 0 fully saturated rings. The van der Waals surface area contributed by atoms with Gasteiger partial charge in [-0.25, -0.2) is 17.2 Å². The summed E-state index contributed by atoms with van der Waals surface area (Å²) in [6.07, 6.45) is 0. The molecule has 0 heterocycles. The van der Waals surface area contributed by atoms with Crippen LogP contribution in [0.5, 0.6) is 0 Å². The van der Waals surface area contributed by atoms with Gasteiger partial charge >= 0.3 is 5.97 Å². The normalized spacial score (nSPS) is 14.1. The number of nitrogens with one attached hydrogen (secondary N) is 1. The molecule has 2 N–H and O–H groups in total. The molecule has 1 aromatic rings. The molecule has 112 valence electrons. The van der Waals surface area contributed by atoms with E-state index in [1.54, 1.807) is 0 Å². The first-order valence-electron chi connectivity index (χ1n) is 5.65. The van der Waals surface area contributed by atoms with Gasteiger partial charge in [-0.05, 0) is 17.5 Å². The van der Waals surface area contributed by atoms with Crippen LogP contribution in [-0.4, -0.2) is 25.5 Å². The molecule has 0 amide bonds. The first-order chi connectivity index (χ1) is 8.95. The molecule has 1 rings (SSSR count). The predicted molar refractivity (Wildman–Crippen MR) is 67.6 cm³/mol. The van der Waals surface area contributed by atoms with Gasteiger partial charge < -0.3 is 5.11 Å². The van der Waals surface area contributed by atoms with Crippen molar-refractivity contribution in [2.75, 3.05) is 0 Å². The van der Waals surface area contributed by atoms with Gasteiger partial charge in [-0.2, -0.15) is 4.72 Å². The summed E-state index contributed by atoms with van der Waals surface area (Å²) >= 11 is 0. The number of carbonyl (C=O) groups is 1. The Morgan fingerprint density at radius 2 is 1.85 bits per heavy atom. The molecule has 0 spiro atoms. The highest BCUT2D eigenvalue weighted by atomic mass is 32.2. The molecule has 0 radical (unpaired) electrons. The van der Waals surface area contributed by atoms with Gasteiger partial charge in [0.1, 0.15) is 22.6 Å². The minimum Gasteiger partial charge on any atom is -0.480 e. The fourth-order valence-corrected chi connectivity index (χ4v) is 2.96. The molecule has 0 unspecified atom stereocenters. The van der Waals surface area contributed by atoms with Crippen molar-refractivity contribution in [3.8, 4) is 0 Å². The molecule has 0 bridgehead atoms. The average Bonchev–Trinajstić information content (AvgIpc) is 2.23. The number of carboxylic acid groups (broad SMARTS) is 1. The van der Waals surface area contributed by atoms with Crippen molar-refractivity contribution in [2.45, 2.75) is 31.7 Å². The summed E-state index contributed by atoms with van der Waals surface area (Å²) in [5, 5.41) is 9.05. The summed E-state index contributed by atoms with van der Waals surface area (Å²) in [6.45, 7) is 4.57. The van der Waals surface area contributed by atoms with E-state index in [1.165, 1.54) is 20.8 Å². The van der Waals surface area contributed by atoms with Crippen LogP contribution in [-0.2, 0) is 14.8 Å². The van der Waals surface area contributed by atoms with Crippen LogP contribution in [0.4, 0.5) is 8.78 Å². The molecule has 1 atom stereocenters. The highest BCUT2D eigenvalue weighted by Crippen LogP contribution is 2.23. The van der Waals surface area contributed by atoms with Crippen molar-refractivity contribution in [3.05, 3.63) is 29.8 Å². The Hall–Kier alpha value is -1.54. The monoisotopic (exact) mass is 307 g/mol. The SMILES string of the molecule is CC(C)(C)[C@H](NS(=O)(=O)c1ccc(F)cc1F)C(=O)O. The van der Waals surface area contributed by atoms with Gasteiger partial charge in [0.25, 0.3) is 0 Å². The van der Waals surface area contributed by atoms with E-state index in [9.17, 15) is 22.0 Å². The Kier molecular flexibility index (Phi) is 4.50. The topological polar surface area (TPSA) is 83.5 Å². The average molecular weight is 307 g/mol. The van der Waals surface area contributed by atoms with Crippen LogP contribution in [0.3, 0.4) is 0 Å². The molecule has 1 aromatic carbocycles. The van der Waals surface area contributed by atoms with Crippen molar-refractivity contribution in [1.82, 2.24) is 4.72 Å². The summed E-state index contributed by atoms with van der Waals surface area (Å²) < 4.78 is 52.2. The molecule has 0 aromatic heterocycles. The summed E-state index contributed by atoms with van der Waals surface area (Å²) in [5.74, 6) is -3.59. The Morgan fingerprint density at radius 1 is 1.30 bits per heavy atom. The Morgan fingerprint density at radius 3 is 2.25 bits per heavy atom. The molecule has 5 nitrogen and oxygen atoms in total. The summed E-state index contributed by atoms with van der Waals surface area (Å²) in [7, 11) is -4.41. The van der Waals surface area contributed by atoms with Gasteiger partial charge in [0.05, 0.1) is 0 Å². The molecule has 20 heavy (non-hydrogen) atoms.